The van der Waals surface area contributed by atoms with Crippen LogP contribution in [0, 0.1) is 5.92 Å². The second-order valence-corrected chi connectivity index (χ2v) is 6.88. The van der Waals surface area contributed by atoms with Gasteiger partial charge in [-0.3, -0.25) is 9.59 Å². The van der Waals surface area contributed by atoms with Gasteiger partial charge in [-0.25, -0.2) is 0 Å². The molecule has 0 aliphatic carbocycles. The molecule has 6 heteroatoms. The van der Waals surface area contributed by atoms with Crippen LogP contribution in [-0.2, 0) is 16.0 Å². The van der Waals surface area contributed by atoms with Gasteiger partial charge in [0, 0.05) is 45.0 Å². The second-order valence-electron chi connectivity index (χ2n) is 6.88. The first-order valence-electron chi connectivity index (χ1n) is 9.07. The van der Waals surface area contributed by atoms with Gasteiger partial charge in [-0.2, -0.15) is 0 Å². The van der Waals surface area contributed by atoms with E-state index in [0.717, 1.165) is 44.7 Å². The van der Waals surface area contributed by atoms with Crippen molar-refractivity contribution < 1.29 is 9.59 Å². The number of carbonyl (C=O) groups excluding carboxylic acids is 2. The highest BCUT2D eigenvalue weighted by molar-refractivity contribution is 6.39. The maximum Gasteiger partial charge on any atom is 0.313 e. The molecule has 0 bridgehead atoms. The molecule has 1 aromatic carbocycles. The van der Waals surface area contributed by atoms with Crippen LogP contribution in [0.15, 0.2) is 24.3 Å². The van der Waals surface area contributed by atoms with E-state index in [1.165, 1.54) is 0 Å². The SMILES string of the molecule is CCc1ccccc1NC(=O)C(=O)NCC(C)CN1CCN(C)CC1. The van der Waals surface area contributed by atoms with E-state index in [-0.39, 0.29) is 0 Å². The van der Waals surface area contributed by atoms with Crippen molar-refractivity contribution in [3.63, 3.8) is 0 Å². The quantitative estimate of drug-likeness (QED) is 0.760. The van der Waals surface area contributed by atoms with E-state index in [2.05, 4.69) is 34.4 Å². The van der Waals surface area contributed by atoms with Crippen LogP contribution in [0.3, 0.4) is 0 Å². The van der Waals surface area contributed by atoms with Crippen LogP contribution in [-0.4, -0.2) is 67.9 Å². The second kappa shape index (κ2) is 9.53. The van der Waals surface area contributed by atoms with Gasteiger partial charge in [-0.05, 0) is 31.0 Å². The van der Waals surface area contributed by atoms with Gasteiger partial charge in [0.15, 0.2) is 0 Å². The number of piperazine rings is 1. The summed E-state index contributed by atoms with van der Waals surface area (Å²) in [6.07, 6.45) is 0.806. The molecule has 0 saturated carbocycles. The third kappa shape index (κ3) is 6.14. The van der Waals surface area contributed by atoms with Crippen molar-refractivity contribution in [3.8, 4) is 0 Å². The van der Waals surface area contributed by atoms with Gasteiger partial charge in [0.1, 0.15) is 0 Å². The predicted molar refractivity (Wildman–Crippen MR) is 101 cm³/mol. The molecule has 2 rings (SSSR count). The number of benzene rings is 1. The Labute approximate surface area is 150 Å². The number of para-hydroxylation sites is 1. The van der Waals surface area contributed by atoms with Crippen molar-refractivity contribution in [1.82, 2.24) is 15.1 Å². The summed E-state index contributed by atoms with van der Waals surface area (Å²) in [5.41, 5.74) is 1.72. The Morgan fingerprint density at radius 2 is 1.80 bits per heavy atom. The van der Waals surface area contributed by atoms with Crippen LogP contribution >= 0.6 is 0 Å². The van der Waals surface area contributed by atoms with Crippen LogP contribution in [0.1, 0.15) is 19.4 Å². The predicted octanol–water partition coefficient (Wildman–Crippen LogP) is 1.19. The van der Waals surface area contributed by atoms with Gasteiger partial charge in [-0.1, -0.05) is 32.0 Å². The molecular formula is C19H30N4O2. The molecule has 25 heavy (non-hydrogen) atoms. The molecule has 0 aromatic heterocycles. The zero-order chi connectivity index (χ0) is 18.2. The summed E-state index contributed by atoms with van der Waals surface area (Å²) in [4.78, 5) is 28.9. The Balaban J connectivity index is 1.74. The van der Waals surface area contributed by atoms with Gasteiger partial charge in [-0.15, -0.1) is 0 Å². The third-order valence-corrected chi connectivity index (χ3v) is 4.63. The highest BCUT2D eigenvalue weighted by Gasteiger charge is 2.18. The number of anilines is 1. The highest BCUT2D eigenvalue weighted by atomic mass is 16.2. The number of aryl methyl sites for hydroxylation is 1. The van der Waals surface area contributed by atoms with Gasteiger partial charge in [0.2, 0.25) is 0 Å². The molecule has 1 saturated heterocycles. The van der Waals surface area contributed by atoms with Gasteiger partial charge in [0.25, 0.3) is 0 Å². The summed E-state index contributed by atoms with van der Waals surface area (Å²) in [5.74, 6) is -0.869. The minimum Gasteiger partial charge on any atom is -0.348 e. The summed E-state index contributed by atoms with van der Waals surface area (Å²) in [5, 5.41) is 5.45. The normalized spacial score (nSPS) is 17.1. The highest BCUT2D eigenvalue weighted by Crippen LogP contribution is 2.15. The molecule has 6 nitrogen and oxygen atoms in total. The van der Waals surface area contributed by atoms with E-state index in [1.54, 1.807) is 0 Å². The lowest BCUT2D eigenvalue weighted by molar-refractivity contribution is -0.136. The minimum absolute atomic E-state index is 0.308. The fourth-order valence-electron chi connectivity index (χ4n) is 3.01. The molecule has 1 fully saturated rings. The Bertz CT molecular complexity index is 583. The largest absolute Gasteiger partial charge is 0.348 e. The van der Waals surface area contributed by atoms with Crippen LogP contribution in [0.5, 0.6) is 0 Å². The molecule has 1 unspecified atom stereocenters. The first-order valence-corrected chi connectivity index (χ1v) is 9.07. The number of nitrogens with zero attached hydrogens (tertiary/aromatic N) is 2. The topological polar surface area (TPSA) is 64.7 Å². The van der Waals surface area contributed by atoms with Gasteiger partial charge < -0.3 is 20.4 Å². The lowest BCUT2D eigenvalue weighted by Gasteiger charge is -2.33. The average molecular weight is 346 g/mol. The maximum absolute atomic E-state index is 12.1. The Hall–Kier alpha value is -1.92. The summed E-state index contributed by atoms with van der Waals surface area (Å²) in [6.45, 7) is 9.85. The molecule has 2 amide bonds. The third-order valence-electron chi connectivity index (χ3n) is 4.63. The number of rotatable bonds is 6. The Morgan fingerprint density at radius 1 is 1.12 bits per heavy atom. The number of hydrogen-bond donors (Lipinski definition) is 2. The molecule has 138 valence electrons. The number of likely N-dealkylation sites (N-methyl/N-ethyl adjacent to an activating group) is 1. The van der Waals surface area contributed by atoms with E-state index >= 15 is 0 Å². The van der Waals surface area contributed by atoms with Crippen molar-refractivity contribution in [1.29, 1.82) is 0 Å². The van der Waals surface area contributed by atoms with Crippen molar-refractivity contribution in [3.05, 3.63) is 29.8 Å². The maximum atomic E-state index is 12.1. The lowest BCUT2D eigenvalue weighted by atomic mass is 10.1. The summed E-state index contributed by atoms with van der Waals surface area (Å²) in [7, 11) is 2.14. The van der Waals surface area contributed by atoms with E-state index in [0.29, 0.717) is 18.2 Å². The molecular weight excluding hydrogens is 316 g/mol. The minimum atomic E-state index is -0.604. The number of nitrogens with one attached hydrogen (secondary N) is 2. The van der Waals surface area contributed by atoms with Gasteiger partial charge >= 0.3 is 11.8 Å². The van der Waals surface area contributed by atoms with Crippen molar-refractivity contribution in [2.24, 2.45) is 5.92 Å². The fraction of sp³-hybridized carbons (Fsp3) is 0.579. The summed E-state index contributed by atoms with van der Waals surface area (Å²) >= 11 is 0. The molecule has 1 aromatic rings. The zero-order valence-electron chi connectivity index (χ0n) is 15.5. The number of carbonyl (C=O) groups is 2. The first-order chi connectivity index (χ1) is 12.0. The Kier molecular flexibility index (Phi) is 7.40. The van der Waals surface area contributed by atoms with Crippen molar-refractivity contribution in [2.45, 2.75) is 20.3 Å². The van der Waals surface area contributed by atoms with Crippen LogP contribution < -0.4 is 10.6 Å². The lowest BCUT2D eigenvalue weighted by Crippen LogP contribution is -2.47. The molecule has 1 aliphatic heterocycles. The Morgan fingerprint density at radius 3 is 2.48 bits per heavy atom. The fourth-order valence-corrected chi connectivity index (χ4v) is 3.01. The monoisotopic (exact) mass is 346 g/mol. The molecule has 0 radical (unpaired) electrons. The van der Waals surface area contributed by atoms with E-state index < -0.39 is 11.8 Å². The zero-order valence-corrected chi connectivity index (χ0v) is 15.5. The van der Waals surface area contributed by atoms with Crippen LogP contribution in [0.2, 0.25) is 0 Å². The molecule has 1 atom stereocenters. The molecule has 0 spiro atoms. The number of hydrogen-bond acceptors (Lipinski definition) is 4. The molecule has 1 aliphatic rings. The first kappa shape index (κ1) is 19.4. The molecule has 2 N–H and O–H groups in total. The average Bonchev–Trinajstić information content (AvgIpc) is 2.62. The number of amides is 2. The van der Waals surface area contributed by atoms with E-state index in [4.69, 9.17) is 0 Å². The van der Waals surface area contributed by atoms with Crippen LogP contribution in [0.25, 0.3) is 0 Å². The smallest absolute Gasteiger partial charge is 0.313 e. The van der Waals surface area contributed by atoms with Crippen LogP contribution in [0.4, 0.5) is 5.69 Å². The van der Waals surface area contributed by atoms with E-state index in [9.17, 15) is 9.59 Å². The molecule has 1 heterocycles. The summed E-state index contributed by atoms with van der Waals surface area (Å²) in [6, 6.07) is 7.55. The van der Waals surface area contributed by atoms with E-state index in [1.807, 2.05) is 31.2 Å². The summed E-state index contributed by atoms with van der Waals surface area (Å²) < 4.78 is 0. The standard InChI is InChI=1S/C19H30N4O2/c1-4-16-7-5-6-8-17(16)21-19(25)18(24)20-13-15(2)14-23-11-9-22(3)10-12-23/h5-8,15H,4,9-14H2,1-3H3,(H,20,24)(H,21,25). The van der Waals surface area contributed by atoms with Gasteiger partial charge in [0.05, 0.1) is 0 Å². The van der Waals surface area contributed by atoms with Crippen molar-refractivity contribution >= 4 is 17.5 Å². The van der Waals surface area contributed by atoms with Crippen molar-refractivity contribution in [2.75, 3.05) is 51.6 Å².